The first-order valence-corrected chi connectivity index (χ1v) is 8.44. The Labute approximate surface area is 159 Å². The molecule has 0 spiro atoms. The Morgan fingerprint density at radius 2 is 2.04 bits per heavy atom. The predicted molar refractivity (Wildman–Crippen MR) is 94.0 cm³/mol. The molecule has 26 heavy (non-hydrogen) atoms. The summed E-state index contributed by atoms with van der Waals surface area (Å²) in [7, 11) is 0. The standard InChI is InChI=1S/C17H18Cl2F2N2O3/c1-11(24)25-15(17(2,8-20)9-21)16(23-6-5-22-10-23)26-14-4-3-12(18)7-13(14)19/h3-7,10,15-16H,8-9H2,1-2H3. The molecule has 5 nitrogen and oxygen atoms in total. The largest absolute Gasteiger partial charge is 0.465 e. The van der Waals surface area contributed by atoms with Crippen LogP contribution in [0.1, 0.15) is 20.1 Å². The lowest BCUT2D eigenvalue weighted by molar-refractivity contribution is -0.171. The van der Waals surface area contributed by atoms with Crippen molar-refractivity contribution in [3.8, 4) is 5.75 Å². The Balaban J connectivity index is 2.48. The molecule has 0 aliphatic rings. The van der Waals surface area contributed by atoms with Gasteiger partial charge in [0.2, 0.25) is 6.23 Å². The zero-order chi connectivity index (χ0) is 19.3. The molecule has 0 aliphatic carbocycles. The first-order valence-electron chi connectivity index (χ1n) is 7.69. The highest BCUT2D eigenvalue weighted by atomic mass is 35.5. The number of hydrogen-bond donors (Lipinski definition) is 0. The van der Waals surface area contributed by atoms with Crippen LogP contribution in [0, 0.1) is 5.41 Å². The smallest absolute Gasteiger partial charge is 0.303 e. The Hall–Kier alpha value is -1.86. The van der Waals surface area contributed by atoms with Gasteiger partial charge in [0.15, 0.2) is 6.10 Å². The van der Waals surface area contributed by atoms with Crippen LogP contribution in [0.2, 0.25) is 10.0 Å². The average molecular weight is 407 g/mol. The molecule has 0 bridgehead atoms. The number of carbonyl (C=O) groups excluding carboxylic acids is 1. The van der Waals surface area contributed by atoms with Crippen molar-refractivity contribution in [3.05, 3.63) is 47.0 Å². The molecule has 2 unspecified atom stereocenters. The summed E-state index contributed by atoms with van der Waals surface area (Å²) in [6.07, 6.45) is 2.00. The van der Waals surface area contributed by atoms with Gasteiger partial charge in [-0.25, -0.2) is 4.98 Å². The molecule has 0 fully saturated rings. The number of esters is 1. The number of ether oxygens (including phenoxy) is 2. The Morgan fingerprint density at radius 3 is 2.54 bits per heavy atom. The molecule has 0 saturated heterocycles. The molecule has 0 radical (unpaired) electrons. The van der Waals surface area contributed by atoms with E-state index in [0.717, 1.165) is 6.92 Å². The number of halogens is 4. The third-order valence-electron chi connectivity index (χ3n) is 3.81. The molecule has 2 rings (SSSR count). The quantitative estimate of drug-likeness (QED) is 0.598. The number of aromatic nitrogens is 2. The molecule has 9 heteroatoms. The molecular weight excluding hydrogens is 389 g/mol. The van der Waals surface area contributed by atoms with E-state index in [1.165, 1.54) is 42.3 Å². The minimum absolute atomic E-state index is 0.200. The van der Waals surface area contributed by atoms with Gasteiger partial charge in [-0.1, -0.05) is 30.1 Å². The third kappa shape index (κ3) is 4.65. The van der Waals surface area contributed by atoms with Gasteiger partial charge in [0.05, 0.1) is 16.8 Å². The Morgan fingerprint density at radius 1 is 1.35 bits per heavy atom. The van der Waals surface area contributed by atoms with Crippen LogP contribution in [0.4, 0.5) is 8.78 Å². The topological polar surface area (TPSA) is 53.4 Å². The minimum atomic E-state index is -1.63. The lowest BCUT2D eigenvalue weighted by Gasteiger charge is -2.37. The first kappa shape index (κ1) is 20.5. The zero-order valence-electron chi connectivity index (χ0n) is 14.2. The van der Waals surface area contributed by atoms with E-state index in [1.54, 1.807) is 6.07 Å². The van der Waals surface area contributed by atoms with Crippen molar-refractivity contribution >= 4 is 29.2 Å². The van der Waals surface area contributed by atoms with E-state index in [-0.39, 0.29) is 10.8 Å². The minimum Gasteiger partial charge on any atom is -0.465 e. The summed E-state index contributed by atoms with van der Waals surface area (Å²) in [5, 5.41) is 0.599. The van der Waals surface area contributed by atoms with Gasteiger partial charge in [-0.15, -0.1) is 0 Å². The summed E-state index contributed by atoms with van der Waals surface area (Å²) in [6, 6.07) is 4.54. The molecule has 2 atom stereocenters. The molecule has 0 saturated carbocycles. The van der Waals surface area contributed by atoms with Crippen LogP contribution in [0.3, 0.4) is 0 Å². The number of hydrogen-bond acceptors (Lipinski definition) is 4. The highest BCUT2D eigenvalue weighted by Gasteiger charge is 2.45. The second-order valence-electron chi connectivity index (χ2n) is 6.04. The summed E-state index contributed by atoms with van der Waals surface area (Å²) in [4.78, 5) is 15.5. The normalized spacial score (nSPS) is 13.9. The highest BCUT2D eigenvalue weighted by Crippen LogP contribution is 2.37. The number of carbonyl (C=O) groups is 1. The maximum absolute atomic E-state index is 13.7. The van der Waals surface area contributed by atoms with Crippen molar-refractivity contribution in [3.63, 3.8) is 0 Å². The van der Waals surface area contributed by atoms with Gasteiger partial charge in [-0.3, -0.25) is 18.1 Å². The van der Waals surface area contributed by atoms with E-state index >= 15 is 0 Å². The van der Waals surface area contributed by atoms with Crippen LogP contribution in [0.5, 0.6) is 5.75 Å². The highest BCUT2D eigenvalue weighted by molar-refractivity contribution is 6.35. The molecular formula is C17H18Cl2F2N2O3. The molecule has 1 aromatic heterocycles. The summed E-state index contributed by atoms with van der Waals surface area (Å²) in [5.41, 5.74) is -1.63. The van der Waals surface area contributed by atoms with Crippen molar-refractivity contribution in [2.45, 2.75) is 26.2 Å². The SMILES string of the molecule is CC(=O)OC(C(Oc1ccc(Cl)cc1Cl)n1ccnc1)C(C)(CF)CF. The third-order valence-corrected chi connectivity index (χ3v) is 4.34. The number of imidazole rings is 1. The summed E-state index contributed by atoms with van der Waals surface area (Å²) in [6.45, 7) is 0.357. The molecule has 1 aromatic carbocycles. The van der Waals surface area contributed by atoms with Gasteiger partial charge in [-0.2, -0.15) is 0 Å². The van der Waals surface area contributed by atoms with Crippen molar-refractivity contribution < 1.29 is 23.0 Å². The van der Waals surface area contributed by atoms with E-state index in [2.05, 4.69) is 4.98 Å². The summed E-state index contributed by atoms with van der Waals surface area (Å²) >= 11 is 12.0. The van der Waals surface area contributed by atoms with Crippen LogP contribution in [-0.4, -0.2) is 35.0 Å². The number of nitrogens with zero attached hydrogens (tertiary/aromatic N) is 2. The second kappa shape index (κ2) is 8.68. The van der Waals surface area contributed by atoms with Crippen LogP contribution < -0.4 is 4.74 Å². The predicted octanol–water partition coefficient (Wildman–Crippen LogP) is 4.64. The molecule has 0 aliphatic heterocycles. The van der Waals surface area contributed by atoms with Crippen LogP contribution >= 0.6 is 23.2 Å². The van der Waals surface area contributed by atoms with Gasteiger partial charge >= 0.3 is 5.97 Å². The first-order chi connectivity index (χ1) is 12.3. The second-order valence-corrected chi connectivity index (χ2v) is 6.89. The van der Waals surface area contributed by atoms with Gasteiger partial charge in [0, 0.05) is 24.3 Å². The molecule has 0 amide bonds. The molecule has 142 valence electrons. The van der Waals surface area contributed by atoms with Gasteiger partial charge in [0.1, 0.15) is 19.1 Å². The maximum Gasteiger partial charge on any atom is 0.303 e. The number of benzene rings is 1. The maximum atomic E-state index is 13.7. The fourth-order valence-corrected chi connectivity index (χ4v) is 2.76. The van der Waals surface area contributed by atoms with E-state index < -0.39 is 37.1 Å². The van der Waals surface area contributed by atoms with Crippen LogP contribution in [0.15, 0.2) is 36.9 Å². The summed E-state index contributed by atoms with van der Waals surface area (Å²) < 4.78 is 39.9. The van der Waals surface area contributed by atoms with E-state index in [4.69, 9.17) is 32.7 Å². The van der Waals surface area contributed by atoms with Gasteiger partial charge in [0.25, 0.3) is 0 Å². The lowest BCUT2D eigenvalue weighted by Crippen LogP contribution is -2.47. The fraction of sp³-hybridized carbons (Fsp3) is 0.412. The zero-order valence-corrected chi connectivity index (χ0v) is 15.7. The monoisotopic (exact) mass is 406 g/mol. The van der Waals surface area contributed by atoms with E-state index in [9.17, 15) is 13.6 Å². The van der Waals surface area contributed by atoms with E-state index in [1.807, 2.05) is 0 Å². The fourth-order valence-electron chi connectivity index (χ4n) is 2.31. The van der Waals surface area contributed by atoms with Gasteiger partial charge in [-0.05, 0) is 18.2 Å². The van der Waals surface area contributed by atoms with E-state index in [0.29, 0.717) is 5.02 Å². The molecule has 1 heterocycles. The Bertz CT molecular complexity index is 740. The average Bonchev–Trinajstić information content (AvgIpc) is 3.13. The van der Waals surface area contributed by atoms with Gasteiger partial charge < -0.3 is 9.47 Å². The lowest BCUT2D eigenvalue weighted by atomic mass is 9.85. The van der Waals surface area contributed by atoms with Crippen molar-refractivity contribution in [2.24, 2.45) is 5.41 Å². The van der Waals surface area contributed by atoms with Crippen molar-refractivity contribution in [1.82, 2.24) is 9.55 Å². The molecule has 0 N–H and O–H groups in total. The number of alkyl halides is 2. The Kier molecular flexibility index (Phi) is 6.83. The van der Waals surface area contributed by atoms with Crippen LogP contribution in [0.25, 0.3) is 0 Å². The number of rotatable bonds is 8. The van der Waals surface area contributed by atoms with Crippen molar-refractivity contribution in [1.29, 1.82) is 0 Å². The van der Waals surface area contributed by atoms with Crippen molar-refractivity contribution in [2.75, 3.05) is 13.3 Å². The van der Waals surface area contributed by atoms with Crippen LogP contribution in [-0.2, 0) is 9.53 Å². The summed E-state index contributed by atoms with van der Waals surface area (Å²) in [5.74, 6) is -0.481. The molecule has 2 aromatic rings.